The summed E-state index contributed by atoms with van der Waals surface area (Å²) < 4.78 is 4.65. The molecule has 0 spiro atoms. The van der Waals surface area contributed by atoms with Crippen LogP contribution in [0.25, 0.3) is 0 Å². The number of amides is 1. The minimum absolute atomic E-state index is 0.102. The third kappa shape index (κ3) is 4.54. The molecule has 0 heterocycles. The van der Waals surface area contributed by atoms with Crippen LogP contribution in [-0.4, -0.2) is 23.9 Å². The summed E-state index contributed by atoms with van der Waals surface area (Å²) in [6.07, 6.45) is -0.160. The summed E-state index contributed by atoms with van der Waals surface area (Å²) >= 11 is 6.15. The first-order valence-electron chi connectivity index (χ1n) is 7.29. The Labute approximate surface area is 148 Å². The standard InChI is InChI=1S/C17H15ClN2O5/c1-25-16(21)10-14(11-6-2-4-8-13(11)18)19-17(22)12-7-3-5-9-15(12)20(23)24/h2-9,14H,10H2,1H3,(H,19,22). The minimum Gasteiger partial charge on any atom is -0.469 e. The third-order valence-corrected chi connectivity index (χ3v) is 3.87. The molecule has 2 rings (SSSR count). The van der Waals surface area contributed by atoms with E-state index in [1.54, 1.807) is 24.3 Å². The number of carbonyl (C=O) groups excluding carboxylic acids is 2. The molecule has 25 heavy (non-hydrogen) atoms. The zero-order valence-electron chi connectivity index (χ0n) is 13.3. The number of esters is 1. The number of para-hydroxylation sites is 1. The van der Waals surface area contributed by atoms with Gasteiger partial charge in [-0.3, -0.25) is 19.7 Å². The Hall–Kier alpha value is -2.93. The van der Waals surface area contributed by atoms with Crippen LogP contribution >= 0.6 is 11.6 Å². The summed E-state index contributed by atoms with van der Waals surface area (Å²) in [6, 6.07) is 11.5. The predicted molar refractivity (Wildman–Crippen MR) is 91.4 cm³/mol. The van der Waals surface area contributed by atoms with E-state index in [-0.39, 0.29) is 17.7 Å². The van der Waals surface area contributed by atoms with Gasteiger partial charge in [-0.05, 0) is 17.7 Å². The van der Waals surface area contributed by atoms with Gasteiger partial charge in [-0.2, -0.15) is 0 Å². The second-order valence-corrected chi connectivity index (χ2v) is 5.51. The molecular formula is C17H15ClN2O5. The van der Waals surface area contributed by atoms with Crippen molar-refractivity contribution in [1.82, 2.24) is 5.32 Å². The van der Waals surface area contributed by atoms with Crippen LogP contribution in [0.15, 0.2) is 48.5 Å². The molecule has 1 unspecified atom stereocenters. The SMILES string of the molecule is COC(=O)CC(NC(=O)c1ccccc1[N+](=O)[O-])c1ccccc1Cl. The summed E-state index contributed by atoms with van der Waals surface area (Å²) in [5.41, 5.74) is 0.0897. The topological polar surface area (TPSA) is 98.5 Å². The van der Waals surface area contributed by atoms with Gasteiger partial charge in [-0.1, -0.05) is 41.9 Å². The Kier molecular flexibility index (Phi) is 6.08. The fourth-order valence-corrected chi connectivity index (χ4v) is 2.57. The van der Waals surface area contributed by atoms with Gasteiger partial charge in [0.1, 0.15) is 5.56 Å². The molecule has 0 bridgehead atoms. The van der Waals surface area contributed by atoms with Crippen LogP contribution in [0.3, 0.4) is 0 Å². The van der Waals surface area contributed by atoms with E-state index < -0.39 is 22.8 Å². The molecule has 0 aliphatic carbocycles. The molecule has 130 valence electrons. The monoisotopic (exact) mass is 362 g/mol. The molecule has 2 aromatic rings. The van der Waals surface area contributed by atoms with Gasteiger partial charge in [0, 0.05) is 11.1 Å². The predicted octanol–water partition coefficient (Wildman–Crippen LogP) is 3.28. The van der Waals surface area contributed by atoms with Gasteiger partial charge in [0.25, 0.3) is 11.6 Å². The Balaban J connectivity index is 2.34. The number of benzene rings is 2. The number of ether oxygens (including phenoxy) is 1. The van der Waals surface area contributed by atoms with Crippen LogP contribution in [0.5, 0.6) is 0 Å². The molecule has 0 saturated carbocycles. The van der Waals surface area contributed by atoms with Gasteiger partial charge >= 0.3 is 5.97 Å². The van der Waals surface area contributed by atoms with E-state index in [2.05, 4.69) is 10.1 Å². The highest BCUT2D eigenvalue weighted by molar-refractivity contribution is 6.31. The smallest absolute Gasteiger partial charge is 0.307 e. The van der Waals surface area contributed by atoms with Crippen molar-refractivity contribution in [2.24, 2.45) is 0 Å². The molecule has 1 atom stereocenters. The first-order valence-corrected chi connectivity index (χ1v) is 7.67. The lowest BCUT2D eigenvalue weighted by molar-refractivity contribution is -0.385. The normalized spacial score (nSPS) is 11.4. The first-order chi connectivity index (χ1) is 11.9. The number of nitrogens with one attached hydrogen (secondary N) is 1. The van der Waals surface area contributed by atoms with Crippen LogP contribution in [0.1, 0.15) is 28.4 Å². The molecule has 7 nitrogen and oxygen atoms in total. The summed E-state index contributed by atoms with van der Waals surface area (Å²) in [7, 11) is 1.23. The molecule has 0 aromatic heterocycles. The lowest BCUT2D eigenvalue weighted by Gasteiger charge is -2.19. The second kappa shape index (κ2) is 8.25. The van der Waals surface area contributed by atoms with Gasteiger partial charge < -0.3 is 10.1 Å². The van der Waals surface area contributed by atoms with E-state index in [0.29, 0.717) is 10.6 Å². The molecular weight excluding hydrogens is 348 g/mol. The lowest BCUT2D eigenvalue weighted by atomic mass is 10.0. The molecule has 2 aromatic carbocycles. The fourth-order valence-electron chi connectivity index (χ4n) is 2.31. The quantitative estimate of drug-likeness (QED) is 0.483. The van der Waals surface area contributed by atoms with Crippen LogP contribution in [0, 0.1) is 10.1 Å². The van der Waals surface area contributed by atoms with Crippen LogP contribution in [0.4, 0.5) is 5.69 Å². The Morgan fingerprint density at radius 2 is 1.84 bits per heavy atom. The number of nitro benzene ring substituents is 1. The van der Waals surface area contributed by atoms with Crippen molar-refractivity contribution in [3.63, 3.8) is 0 Å². The van der Waals surface area contributed by atoms with E-state index in [1.165, 1.54) is 31.4 Å². The van der Waals surface area contributed by atoms with E-state index in [4.69, 9.17) is 11.6 Å². The number of hydrogen-bond acceptors (Lipinski definition) is 5. The minimum atomic E-state index is -0.784. The largest absolute Gasteiger partial charge is 0.469 e. The van der Waals surface area contributed by atoms with Crippen molar-refractivity contribution in [3.8, 4) is 0 Å². The van der Waals surface area contributed by atoms with Crippen molar-refractivity contribution in [3.05, 3.63) is 74.8 Å². The van der Waals surface area contributed by atoms with Crippen LogP contribution in [0.2, 0.25) is 5.02 Å². The van der Waals surface area contributed by atoms with E-state index in [1.807, 2.05) is 0 Å². The zero-order valence-corrected chi connectivity index (χ0v) is 14.0. The van der Waals surface area contributed by atoms with Crippen molar-refractivity contribution < 1.29 is 19.2 Å². The van der Waals surface area contributed by atoms with Gasteiger partial charge in [-0.25, -0.2) is 0 Å². The molecule has 1 N–H and O–H groups in total. The highest BCUT2D eigenvalue weighted by atomic mass is 35.5. The molecule has 0 fully saturated rings. The summed E-state index contributed by atoms with van der Waals surface area (Å²) in [6.45, 7) is 0. The van der Waals surface area contributed by atoms with Gasteiger partial charge in [-0.15, -0.1) is 0 Å². The maximum Gasteiger partial charge on any atom is 0.307 e. The van der Waals surface area contributed by atoms with Gasteiger partial charge in [0.15, 0.2) is 0 Å². The first kappa shape index (κ1) is 18.4. The van der Waals surface area contributed by atoms with Gasteiger partial charge in [0.05, 0.1) is 24.5 Å². The van der Waals surface area contributed by atoms with Crippen molar-refractivity contribution in [1.29, 1.82) is 0 Å². The average molecular weight is 363 g/mol. The number of carbonyl (C=O) groups is 2. The van der Waals surface area contributed by atoms with E-state index in [0.717, 1.165) is 0 Å². The maximum absolute atomic E-state index is 12.5. The molecule has 0 aliphatic rings. The highest BCUT2D eigenvalue weighted by Crippen LogP contribution is 2.27. The number of hydrogen-bond donors (Lipinski definition) is 1. The average Bonchev–Trinajstić information content (AvgIpc) is 2.61. The Bertz CT molecular complexity index is 809. The highest BCUT2D eigenvalue weighted by Gasteiger charge is 2.25. The van der Waals surface area contributed by atoms with Crippen molar-refractivity contribution >= 4 is 29.2 Å². The lowest BCUT2D eigenvalue weighted by Crippen LogP contribution is -2.31. The summed E-state index contributed by atoms with van der Waals surface area (Å²) in [4.78, 5) is 34.7. The Morgan fingerprint density at radius 1 is 1.20 bits per heavy atom. The molecule has 0 radical (unpaired) electrons. The van der Waals surface area contributed by atoms with Crippen LogP contribution in [-0.2, 0) is 9.53 Å². The number of halogens is 1. The second-order valence-electron chi connectivity index (χ2n) is 5.10. The summed E-state index contributed by atoms with van der Waals surface area (Å²) in [5.74, 6) is -1.23. The van der Waals surface area contributed by atoms with Crippen molar-refractivity contribution in [2.45, 2.75) is 12.5 Å². The number of nitro groups is 1. The van der Waals surface area contributed by atoms with Crippen molar-refractivity contribution in [2.75, 3.05) is 7.11 Å². The van der Waals surface area contributed by atoms with Gasteiger partial charge in [0.2, 0.25) is 0 Å². The maximum atomic E-state index is 12.5. The Morgan fingerprint density at radius 3 is 2.48 bits per heavy atom. The number of methoxy groups -OCH3 is 1. The van der Waals surface area contributed by atoms with E-state index in [9.17, 15) is 19.7 Å². The fraction of sp³-hybridized carbons (Fsp3) is 0.176. The summed E-state index contributed by atoms with van der Waals surface area (Å²) in [5, 5.41) is 14.1. The molecule has 1 amide bonds. The third-order valence-electron chi connectivity index (χ3n) is 3.53. The molecule has 8 heteroatoms. The molecule has 0 saturated heterocycles. The number of nitrogens with zero attached hydrogens (tertiary/aromatic N) is 1. The zero-order chi connectivity index (χ0) is 18.4. The number of rotatable bonds is 6. The van der Waals surface area contributed by atoms with Crippen LogP contribution < -0.4 is 5.32 Å². The van der Waals surface area contributed by atoms with E-state index >= 15 is 0 Å². The molecule has 0 aliphatic heterocycles.